The summed E-state index contributed by atoms with van der Waals surface area (Å²) >= 11 is 4.44. The number of benzene rings is 3. The molecule has 3 N–H and O–H groups in total. The van der Waals surface area contributed by atoms with Gasteiger partial charge in [-0.2, -0.15) is 12.6 Å². The number of carbonyl (C=O) groups excluding carboxylic acids is 1. The summed E-state index contributed by atoms with van der Waals surface area (Å²) in [5.74, 6) is -1.70. The van der Waals surface area contributed by atoms with Crippen molar-refractivity contribution < 1.29 is 23.1 Å². The summed E-state index contributed by atoms with van der Waals surface area (Å²) in [5.41, 5.74) is 0.214. The summed E-state index contributed by atoms with van der Waals surface area (Å²) in [4.78, 5) is 24.1. The first-order chi connectivity index (χ1) is 15.3. The fourth-order valence-corrected chi connectivity index (χ4v) is 5.92. The normalized spacial score (nSPS) is 19.5. The van der Waals surface area contributed by atoms with Crippen molar-refractivity contribution >= 4 is 45.1 Å². The van der Waals surface area contributed by atoms with Crippen molar-refractivity contribution in [3.8, 4) is 0 Å². The topological polar surface area (TPSA) is 113 Å². The summed E-state index contributed by atoms with van der Waals surface area (Å²) in [6.07, 6.45) is 0.471. The molecule has 0 aromatic heterocycles. The summed E-state index contributed by atoms with van der Waals surface area (Å²) in [5, 5.41) is 15.3. The Morgan fingerprint density at radius 1 is 1.00 bits per heavy atom. The van der Waals surface area contributed by atoms with Gasteiger partial charge in [-0.05, 0) is 53.6 Å². The lowest BCUT2D eigenvalue weighted by atomic mass is 10.1. The van der Waals surface area contributed by atoms with Gasteiger partial charge in [0.2, 0.25) is 9.84 Å². The van der Waals surface area contributed by atoms with Crippen molar-refractivity contribution in [2.24, 2.45) is 0 Å². The Morgan fingerprint density at radius 2 is 1.66 bits per heavy atom. The molecule has 0 bridgehead atoms. The zero-order valence-electron chi connectivity index (χ0n) is 16.9. The second-order valence-electron chi connectivity index (χ2n) is 7.73. The minimum atomic E-state index is -3.95. The number of sulfone groups is 1. The molecule has 3 aromatic carbocycles. The van der Waals surface area contributed by atoms with E-state index >= 15 is 0 Å². The van der Waals surface area contributed by atoms with Crippen molar-refractivity contribution in [1.82, 2.24) is 10.6 Å². The first-order valence-corrected chi connectivity index (χ1v) is 12.1. The lowest BCUT2D eigenvalue weighted by Crippen LogP contribution is -2.52. The number of rotatable bonds is 6. The molecule has 1 amide bonds. The highest BCUT2D eigenvalue weighted by molar-refractivity contribution is 7.92. The van der Waals surface area contributed by atoms with Gasteiger partial charge >= 0.3 is 5.97 Å². The van der Waals surface area contributed by atoms with Crippen molar-refractivity contribution in [1.29, 1.82) is 0 Å². The predicted octanol–water partition coefficient (Wildman–Crippen LogP) is 2.73. The highest BCUT2D eigenvalue weighted by Crippen LogP contribution is 2.26. The average molecular weight is 471 g/mol. The lowest BCUT2D eigenvalue weighted by molar-refractivity contribution is 0.0696. The third-order valence-electron chi connectivity index (χ3n) is 5.56. The molecule has 3 aromatic rings. The second-order valence-corrected chi connectivity index (χ2v) is 10.5. The van der Waals surface area contributed by atoms with E-state index in [1.807, 2.05) is 24.3 Å². The number of amides is 1. The molecule has 1 unspecified atom stereocenters. The minimum Gasteiger partial charge on any atom is -0.478 e. The molecule has 9 heteroatoms. The standard InChI is InChI=1S/C23H22N2O5S2/c26-21(15-5-7-16(8-6-15)23(27)28)25-22(20-12-18(31)13-24-20)32(29,30)19-10-9-14-3-1-2-4-17(14)11-19/h1-11,18,20,22,24,31H,12-13H2,(H,25,26)(H,27,28)/t18-,20+,22?/m1/s1. The SMILES string of the molecule is O=C(O)c1ccc(C(=O)NC([C@@H]2C[C@@H](S)CN2)S(=O)(=O)c2ccc3ccccc3c2)cc1. The number of aromatic carboxylic acids is 1. The number of nitrogens with one attached hydrogen (secondary N) is 2. The second kappa shape index (κ2) is 8.93. The predicted molar refractivity (Wildman–Crippen MR) is 125 cm³/mol. The fourth-order valence-electron chi connectivity index (χ4n) is 3.84. The molecule has 1 fully saturated rings. The molecule has 0 spiro atoms. The molecule has 0 saturated carbocycles. The Kier molecular flexibility index (Phi) is 6.23. The molecule has 3 atom stereocenters. The largest absolute Gasteiger partial charge is 0.478 e. The smallest absolute Gasteiger partial charge is 0.335 e. The quantitative estimate of drug-likeness (QED) is 0.412. The number of thiol groups is 1. The van der Waals surface area contributed by atoms with E-state index < -0.39 is 33.1 Å². The van der Waals surface area contributed by atoms with Crippen LogP contribution in [-0.4, -0.2) is 48.6 Å². The van der Waals surface area contributed by atoms with Crippen molar-refractivity contribution in [3.63, 3.8) is 0 Å². The van der Waals surface area contributed by atoms with Crippen LogP contribution in [0.3, 0.4) is 0 Å². The lowest BCUT2D eigenvalue weighted by Gasteiger charge is -2.25. The monoisotopic (exact) mass is 470 g/mol. The van der Waals surface area contributed by atoms with Crippen LogP contribution in [0, 0.1) is 0 Å². The number of carboxylic acid groups (broad SMARTS) is 1. The van der Waals surface area contributed by atoms with Gasteiger partial charge in [-0.15, -0.1) is 0 Å². The Bertz CT molecular complexity index is 1280. The first-order valence-electron chi connectivity index (χ1n) is 10.0. The van der Waals surface area contributed by atoms with Gasteiger partial charge in [-0.1, -0.05) is 30.3 Å². The van der Waals surface area contributed by atoms with Crippen LogP contribution in [0.1, 0.15) is 27.1 Å². The molecule has 1 heterocycles. The summed E-state index contributed by atoms with van der Waals surface area (Å²) in [6, 6.07) is 17.2. The fraction of sp³-hybridized carbons (Fsp3) is 0.217. The molecule has 0 aliphatic carbocycles. The third kappa shape index (κ3) is 4.50. The van der Waals surface area contributed by atoms with Gasteiger partial charge in [0.1, 0.15) is 0 Å². The molecule has 1 aliphatic rings. The third-order valence-corrected chi connectivity index (χ3v) is 7.98. The number of fused-ring (bicyclic) bond motifs is 1. The van der Waals surface area contributed by atoms with Gasteiger partial charge in [0.05, 0.1) is 10.5 Å². The van der Waals surface area contributed by atoms with Crippen LogP contribution in [0.25, 0.3) is 10.8 Å². The summed E-state index contributed by atoms with van der Waals surface area (Å²) < 4.78 is 27.2. The molecule has 7 nitrogen and oxygen atoms in total. The van der Waals surface area contributed by atoms with E-state index in [4.69, 9.17) is 5.11 Å². The first kappa shape index (κ1) is 22.3. The van der Waals surface area contributed by atoms with E-state index in [-0.39, 0.29) is 21.3 Å². The maximum absolute atomic E-state index is 13.6. The maximum atomic E-state index is 13.6. The Balaban J connectivity index is 1.67. The minimum absolute atomic E-state index is 0.0268. The van der Waals surface area contributed by atoms with Crippen LogP contribution < -0.4 is 10.6 Å². The van der Waals surface area contributed by atoms with E-state index in [0.717, 1.165) is 10.8 Å². The number of hydrogen-bond acceptors (Lipinski definition) is 6. The summed E-state index contributed by atoms with van der Waals surface area (Å²) in [7, 11) is -3.95. The molecular formula is C23H22N2O5S2. The van der Waals surface area contributed by atoms with Gasteiger partial charge < -0.3 is 15.7 Å². The Labute approximate surface area is 191 Å². The number of carboxylic acids is 1. The van der Waals surface area contributed by atoms with Gasteiger partial charge in [-0.3, -0.25) is 4.79 Å². The van der Waals surface area contributed by atoms with E-state index in [1.165, 1.54) is 24.3 Å². The van der Waals surface area contributed by atoms with Crippen LogP contribution in [0.5, 0.6) is 0 Å². The van der Waals surface area contributed by atoms with Crippen molar-refractivity contribution in [3.05, 3.63) is 77.9 Å². The van der Waals surface area contributed by atoms with Crippen LogP contribution in [0.15, 0.2) is 71.6 Å². The van der Waals surface area contributed by atoms with Crippen LogP contribution in [0.2, 0.25) is 0 Å². The molecule has 32 heavy (non-hydrogen) atoms. The van der Waals surface area contributed by atoms with Crippen LogP contribution in [0.4, 0.5) is 0 Å². The molecule has 1 aliphatic heterocycles. The Hall–Kier alpha value is -2.88. The van der Waals surface area contributed by atoms with Crippen molar-refractivity contribution in [2.45, 2.75) is 28.0 Å². The molecule has 4 rings (SSSR count). The van der Waals surface area contributed by atoms with E-state index in [2.05, 4.69) is 23.3 Å². The van der Waals surface area contributed by atoms with Gasteiger partial charge in [0.25, 0.3) is 5.91 Å². The van der Waals surface area contributed by atoms with Gasteiger partial charge in [-0.25, -0.2) is 13.2 Å². The van der Waals surface area contributed by atoms with E-state index in [0.29, 0.717) is 13.0 Å². The molecule has 166 valence electrons. The zero-order valence-corrected chi connectivity index (χ0v) is 18.6. The number of carbonyl (C=O) groups is 2. The van der Waals surface area contributed by atoms with E-state index in [9.17, 15) is 18.0 Å². The highest BCUT2D eigenvalue weighted by Gasteiger charge is 2.39. The average Bonchev–Trinajstić information content (AvgIpc) is 3.22. The van der Waals surface area contributed by atoms with Gasteiger partial charge in [0, 0.05) is 23.4 Å². The van der Waals surface area contributed by atoms with E-state index in [1.54, 1.807) is 18.2 Å². The van der Waals surface area contributed by atoms with Crippen LogP contribution in [-0.2, 0) is 9.84 Å². The zero-order chi connectivity index (χ0) is 22.9. The van der Waals surface area contributed by atoms with Crippen LogP contribution >= 0.6 is 12.6 Å². The molecule has 1 saturated heterocycles. The Morgan fingerprint density at radius 3 is 2.28 bits per heavy atom. The molecule has 0 radical (unpaired) electrons. The summed E-state index contributed by atoms with van der Waals surface area (Å²) in [6.45, 7) is 0.528. The van der Waals surface area contributed by atoms with Crippen molar-refractivity contribution in [2.75, 3.05) is 6.54 Å². The number of hydrogen-bond donors (Lipinski definition) is 4. The highest BCUT2D eigenvalue weighted by atomic mass is 32.2. The van der Waals surface area contributed by atoms with Gasteiger partial charge in [0.15, 0.2) is 5.37 Å². The molecular weight excluding hydrogens is 448 g/mol. The maximum Gasteiger partial charge on any atom is 0.335 e.